The van der Waals surface area contributed by atoms with Gasteiger partial charge in [0.25, 0.3) is 0 Å². The van der Waals surface area contributed by atoms with Crippen molar-refractivity contribution in [2.45, 2.75) is 77.4 Å². The van der Waals surface area contributed by atoms with Crippen LogP contribution in [-0.2, 0) is 5.54 Å². The standard InChI is InChI=1S/C24H38N6O/c1-5-24(3,4)30-23(25-26-27-30)22(19-11-13-21(14-12-19)31-6-2)29-17-15-28(16-18-29)20-9-7-8-10-20/h11-14,20,22H,5-10,15-18H2,1-4H3/t22-/m1/s1. The fourth-order valence-corrected chi connectivity index (χ4v) is 5.01. The van der Waals surface area contributed by atoms with Gasteiger partial charge in [-0.1, -0.05) is 31.9 Å². The van der Waals surface area contributed by atoms with Crippen molar-refractivity contribution in [1.82, 2.24) is 30.0 Å². The lowest BCUT2D eigenvalue weighted by atomic mass is 9.99. The lowest BCUT2D eigenvalue weighted by molar-refractivity contribution is 0.0751. The lowest BCUT2D eigenvalue weighted by Gasteiger charge is -2.41. The first kappa shape index (κ1) is 22.2. The van der Waals surface area contributed by atoms with E-state index in [1.165, 1.54) is 31.2 Å². The van der Waals surface area contributed by atoms with E-state index in [9.17, 15) is 0 Å². The fourth-order valence-electron chi connectivity index (χ4n) is 5.01. The Morgan fingerprint density at radius 3 is 2.32 bits per heavy atom. The third-order valence-corrected chi connectivity index (χ3v) is 7.24. The second-order valence-electron chi connectivity index (χ2n) is 9.53. The fraction of sp³-hybridized carbons (Fsp3) is 0.708. The van der Waals surface area contributed by atoms with Crippen molar-refractivity contribution < 1.29 is 4.74 Å². The second kappa shape index (κ2) is 9.65. The van der Waals surface area contributed by atoms with E-state index < -0.39 is 0 Å². The number of nitrogens with zero attached hydrogens (tertiary/aromatic N) is 6. The van der Waals surface area contributed by atoms with Gasteiger partial charge in [-0.25, -0.2) is 4.68 Å². The molecule has 0 amide bonds. The zero-order valence-corrected chi connectivity index (χ0v) is 19.6. The van der Waals surface area contributed by atoms with Crippen LogP contribution in [0.25, 0.3) is 0 Å². The molecule has 1 saturated heterocycles. The maximum absolute atomic E-state index is 5.68. The van der Waals surface area contributed by atoms with Crippen LogP contribution in [0.4, 0.5) is 0 Å². The van der Waals surface area contributed by atoms with Crippen molar-refractivity contribution >= 4 is 0 Å². The summed E-state index contributed by atoms with van der Waals surface area (Å²) in [5.41, 5.74) is 1.09. The number of tetrazole rings is 1. The van der Waals surface area contributed by atoms with E-state index in [2.05, 4.69) is 70.4 Å². The van der Waals surface area contributed by atoms with E-state index in [0.29, 0.717) is 6.61 Å². The summed E-state index contributed by atoms with van der Waals surface area (Å²) in [6, 6.07) is 9.32. The summed E-state index contributed by atoms with van der Waals surface area (Å²) in [4.78, 5) is 5.27. The van der Waals surface area contributed by atoms with Gasteiger partial charge in [-0.05, 0) is 68.2 Å². The number of aromatic nitrogens is 4. The largest absolute Gasteiger partial charge is 0.494 e. The quantitative estimate of drug-likeness (QED) is 0.639. The highest BCUT2D eigenvalue weighted by atomic mass is 16.5. The van der Waals surface area contributed by atoms with Gasteiger partial charge in [-0.2, -0.15) is 0 Å². The number of ether oxygens (including phenoxy) is 1. The number of rotatable bonds is 8. The minimum Gasteiger partial charge on any atom is -0.494 e. The molecule has 2 aliphatic rings. The summed E-state index contributed by atoms with van der Waals surface area (Å²) >= 11 is 0. The van der Waals surface area contributed by atoms with Crippen molar-refractivity contribution in [3.8, 4) is 5.75 Å². The predicted molar refractivity (Wildman–Crippen MR) is 122 cm³/mol. The molecular weight excluding hydrogens is 388 g/mol. The molecule has 2 fully saturated rings. The Bertz CT molecular complexity index is 819. The number of benzene rings is 1. The first-order chi connectivity index (χ1) is 15.0. The summed E-state index contributed by atoms with van der Waals surface area (Å²) in [6.07, 6.45) is 6.48. The molecule has 1 aliphatic carbocycles. The van der Waals surface area contributed by atoms with E-state index in [0.717, 1.165) is 50.2 Å². The number of piperazine rings is 1. The van der Waals surface area contributed by atoms with Gasteiger partial charge in [0.05, 0.1) is 18.2 Å². The molecule has 170 valence electrons. The molecular formula is C24H38N6O. The molecule has 31 heavy (non-hydrogen) atoms. The Labute approximate surface area is 186 Å². The minimum absolute atomic E-state index is 0.0437. The molecule has 0 unspecified atom stereocenters. The van der Waals surface area contributed by atoms with Gasteiger partial charge in [0.1, 0.15) is 5.75 Å². The first-order valence-electron chi connectivity index (χ1n) is 12.0. The molecule has 1 aliphatic heterocycles. The zero-order valence-electron chi connectivity index (χ0n) is 19.6. The highest BCUT2D eigenvalue weighted by Crippen LogP contribution is 2.33. The Morgan fingerprint density at radius 2 is 1.71 bits per heavy atom. The molecule has 2 aromatic rings. The summed E-state index contributed by atoms with van der Waals surface area (Å²) in [5, 5.41) is 13.1. The van der Waals surface area contributed by atoms with E-state index in [-0.39, 0.29) is 11.6 Å². The molecule has 1 aromatic carbocycles. The third kappa shape index (κ3) is 4.77. The molecule has 4 rings (SSSR count). The Morgan fingerprint density at radius 1 is 1.03 bits per heavy atom. The van der Waals surface area contributed by atoms with E-state index in [1.807, 2.05) is 11.6 Å². The van der Waals surface area contributed by atoms with Gasteiger partial charge < -0.3 is 4.74 Å². The molecule has 0 spiro atoms. The van der Waals surface area contributed by atoms with Crippen LogP contribution in [0.15, 0.2) is 24.3 Å². The van der Waals surface area contributed by atoms with Crippen LogP contribution in [0.3, 0.4) is 0 Å². The molecule has 1 aromatic heterocycles. The lowest BCUT2D eigenvalue weighted by Crippen LogP contribution is -2.51. The van der Waals surface area contributed by atoms with Crippen LogP contribution in [0, 0.1) is 0 Å². The van der Waals surface area contributed by atoms with Crippen molar-refractivity contribution in [1.29, 1.82) is 0 Å². The van der Waals surface area contributed by atoms with E-state index in [1.54, 1.807) is 0 Å². The highest BCUT2D eigenvalue weighted by molar-refractivity contribution is 5.32. The van der Waals surface area contributed by atoms with Crippen molar-refractivity contribution in [2.24, 2.45) is 0 Å². The molecule has 0 bridgehead atoms. The molecule has 1 atom stereocenters. The van der Waals surface area contributed by atoms with Crippen LogP contribution in [0.1, 0.15) is 77.2 Å². The Balaban J connectivity index is 1.62. The van der Waals surface area contributed by atoms with Gasteiger partial charge in [0, 0.05) is 32.2 Å². The number of hydrogen-bond donors (Lipinski definition) is 0. The predicted octanol–water partition coefficient (Wildman–Crippen LogP) is 3.87. The van der Waals surface area contributed by atoms with Gasteiger partial charge in [-0.15, -0.1) is 5.10 Å². The van der Waals surface area contributed by atoms with E-state index >= 15 is 0 Å². The van der Waals surface area contributed by atoms with Crippen molar-refractivity contribution in [2.75, 3.05) is 32.8 Å². The van der Waals surface area contributed by atoms with E-state index in [4.69, 9.17) is 4.74 Å². The van der Waals surface area contributed by atoms with Crippen LogP contribution in [0.5, 0.6) is 5.75 Å². The normalized spacial score (nSPS) is 20.3. The maximum Gasteiger partial charge on any atom is 0.173 e. The Kier molecular flexibility index (Phi) is 6.92. The molecule has 1 saturated carbocycles. The average Bonchev–Trinajstić information content (AvgIpc) is 3.49. The van der Waals surface area contributed by atoms with Crippen LogP contribution < -0.4 is 4.74 Å². The monoisotopic (exact) mass is 426 g/mol. The summed E-state index contributed by atoms with van der Waals surface area (Å²) in [6.45, 7) is 13.6. The first-order valence-corrected chi connectivity index (χ1v) is 12.0. The van der Waals surface area contributed by atoms with Gasteiger partial charge in [-0.3, -0.25) is 9.80 Å². The molecule has 0 radical (unpaired) electrons. The zero-order chi connectivity index (χ0) is 21.8. The maximum atomic E-state index is 5.68. The van der Waals surface area contributed by atoms with Crippen molar-refractivity contribution in [3.63, 3.8) is 0 Å². The summed E-state index contributed by atoms with van der Waals surface area (Å²) in [7, 11) is 0. The van der Waals surface area contributed by atoms with Gasteiger partial charge in [0.2, 0.25) is 0 Å². The molecule has 0 N–H and O–H groups in total. The third-order valence-electron chi connectivity index (χ3n) is 7.24. The van der Waals surface area contributed by atoms with Crippen molar-refractivity contribution in [3.05, 3.63) is 35.7 Å². The van der Waals surface area contributed by atoms with Gasteiger partial charge in [0.15, 0.2) is 5.82 Å². The smallest absolute Gasteiger partial charge is 0.173 e. The highest BCUT2D eigenvalue weighted by Gasteiger charge is 2.35. The van der Waals surface area contributed by atoms with Crippen LogP contribution in [0.2, 0.25) is 0 Å². The number of hydrogen-bond acceptors (Lipinski definition) is 6. The van der Waals surface area contributed by atoms with Crippen LogP contribution >= 0.6 is 0 Å². The summed E-state index contributed by atoms with van der Waals surface area (Å²) < 4.78 is 7.72. The van der Waals surface area contributed by atoms with Crippen LogP contribution in [-0.4, -0.2) is 68.8 Å². The topological polar surface area (TPSA) is 59.3 Å². The van der Waals surface area contributed by atoms with Gasteiger partial charge >= 0.3 is 0 Å². The summed E-state index contributed by atoms with van der Waals surface area (Å²) in [5.74, 6) is 1.84. The molecule has 2 heterocycles. The average molecular weight is 427 g/mol. The second-order valence-corrected chi connectivity index (χ2v) is 9.53. The molecule has 7 nitrogen and oxygen atoms in total. The Hall–Kier alpha value is -1.99. The minimum atomic E-state index is -0.131. The molecule has 7 heteroatoms. The SMILES string of the molecule is CCOc1ccc([C@H](c2nnnn2C(C)(C)CC)N2CCN(C3CCCC3)CC2)cc1.